The van der Waals surface area contributed by atoms with E-state index in [0.29, 0.717) is 29.2 Å². The number of rotatable bonds is 9. The number of carbonyl (C=O) groups excluding carboxylic acids is 3. The Labute approximate surface area is 236 Å². The fourth-order valence-electron chi connectivity index (χ4n) is 3.49. The van der Waals surface area contributed by atoms with Gasteiger partial charge in [-0.05, 0) is 72.9 Å². The smallest absolute Gasteiger partial charge is 0.269 e. The van der Waals surface area contributed by atoms with Gasteiger partial charge < -0.3 is 14.8 Å². The summed E-state index contributed by atoms with van der Waals surface area (Å²) >= 11 is 5.15. The van der Waals surface area contributed by atoms with Crippen molar-refractivity contribution in [2.45, 2.75) is 0 Å². The number of benzene rings is 4. The molecule has 0 atom stereocenters. The van der Waals surface area contributed by atoms with Crippen LogP contribution >= 0.6 is 12.2 Å². The Morgan fingerprint density at radius 3 is 1.93 bits per heavy atom. The van der Waals surface area contributed by atoms with Gasteiger partial charge >= 0.3 is 0 Å². The van der Waals surface area contributed by atoms with Crippen LogP contribution < -0.4 is 31.0 Å². The summed E-state index contributed by atoms with van der Waals surface area (Å²) < 4.78 is 11.3. The van der Waals surface area contributed by atoms with E-state index in [1.54, 1.807) is 72.8 Å². The molecule has 0 spiro atoms. The molecule has 4 N–H and O–H groups in total. The summed E-state index contributed by atoms with van der Waals surface area (Å²) in [6, 6.07) is 31.2. The molecule has 10 heteroatoms. The number of carbonyl (C=O) groups is 3. The standard InChI is InChI=1S/C30H26N4O5S/c35-27(21-9-3-1-4-10-21)31-23-17-15-22(16-18-23)28(36)33-34-30(40)32-29(37)25-13-7-8-14-26(25)39-20-19-38-24-11-5-2-6-12-24/h1-18H,19-20H2,(H,31,35)(H,33,36)(H2,32,34,37,40). The second-order valence-electron chi connectivity index (χ2n) is 8.27. The molecule has 3 amide bonds. The van der Waals surface area contributed by atoms with E-state index in [9.17, 15) is 14.4 Å². The number of nitrogens with one attached hydrogen (secondary N) is 4. The first-order valence-electron chi connectivity index (χ1n) is 12.3. The highest BCUT2D eigenvalue weighted by Crippen LogP contribution is 2.18. The van der Waals surface area contributed by atoms with Gasteiger partial charge in [-0.25, -0.2) is 0 Å². The molecule has 0 aliphatic carbocycles. The highest BCUT2D eigenvalue weighted by atomic mass is 32.1. The van der Waals surface area contributed by atoms with Crippen LogP contribution in [0.25, 0.3) is 0 Å². The second kappa shape index (κ2) is 14.1. The van der Waals surface area contributed by atoms with Gasteiger partial charge in [0.1, 0.15) is 24.7 Å². The van der Waals surface area contributed by atoms with Gasteiger partial charge in [-0.15, -0.1) is 0 Å². The maximum Gasteiger partial charge on any atom is 0.269 e. The Morgan fingerprint density at radius 2 is 1.20 bits per heavy atom. The SMILES string of the molecule is O=C(NNC(=S)NC(=O)c1ccccc1OCCOc1ccccc1)c1ccc(NC(=O)c2ccccc2)cc1. The van der Waals surface area contributed by atoms with Gasteiger partial charge in [0.25, 0.3) is 17.7 Å². The Bertz CT molecular complexity index is 1460. The minimum absolute atomic E-state index is 0.104. The molecule has 9 nitrogen and oxygen atoms in total. The maximum absolute atomic E-state index is 12.8. The minimum atomic E-state index is -0.509. The van der Waals surface area contributed by atoms with E-state index in [2.05, 4.69) is 21.5 Å². The molecule has 4 aromatic carbocycles. The fourth-order valence-corrected chi connectivity index (χ4v) is 3.64. The third-order valence-corrected chi connectivity index (χ3v) is 5.65. The molecule has 0 unspecified atom stereocenters. The normalized spacial score (nSPS) is 10.1. The van der Waals surface area contributed by atoms with Crippen molar-refractivity contribution in [3.8, 4) is 11.5 Å². The largest absolute Gasteiger partial charge is 0.490 e. The van der Waals surface area contributed by atoms with E-state index in [0.717, 1.165) is 5.75 Å². The quantitative estimate of drug-likeness (QED) is 0.138. The lowest BCUT2D eigenvalue weighted by molar-refractivity contribution is 0.0933. The van der Waals surface area contributed by atoms with Gasteiger partial charge in [-0.1, -0.05) is 48.5 Å². The number of hydrogen-bond donors (Lipinski definition) is 4. The third-order valence-electron chi connectivity index (χ3n) is 5.44. The first-order valence-corrected chi connectivity index (χ1v) is 12.7. The molecule has 4 aromatic rings. The minimum Gasteiger partial charge on any atom is -0.490 e. The summed E-state index contributed by atoms with van der Waals surface area (Å²) in [4.78, 5) is 37.6. The summed E-state index contributed by atoms with van der Waals surface area (Å²) in [7, 11) is 0. The van der Waals surface area contributed by atoms with Crippen molar-refractivity contribution in [3.63, 3.8) is 0 Å². The molecule has 0 fully saturated rings. The van der Waals surface area contributed by atoms with E-state index in [-0.39, 0.29) is 23.2 Å². The number of anilines is 1. The zero-order chi connectivity index (χ0) is 28.2. The molecule has 0 aliphatic heterocycles. The van der Waals surface area contributed by atoms with Crippen molar-refractivity contribution in [1.82, 2.24) is 16.2 Å². The Morgan fingerprint density at radius 1 is 0.600 bits per heavy atom. The summed E-state index contributed by atoms with van der Waals surface area (Å²) in [5.41, 5.74) is 6.59. The van der Waals surface area contributed by atoms with E-state index in [1.807, 2.05) is 36.4 Å². The van der Waals surface area contributed by atoms with Crippen molar-refractivity contribution in [1.29, 1.82) is 0 Å². The molecule has 0 aromatic heterocycles. The molecule has 40 heavy (non-hydrogen) atoms. The van der Waals surface area contributed by atoms with Gasteiger partial charge in [-0.3, -0.25) is 30.6 Å². The zero-order valence-electron chi connectivity index (χ0n) is 21.3. The Balaban J connectivity index is 1.23. The lowest BCUT2D eigenvalue weighted by Crippen LogP contribution is -2.48. The van der Waals surface area contributed by atoms with Gasteiger partial charge in [0.2, 0.25) is 0 Å². The molecule has 0 heterocycles. The first-order chi connectivity index (χ1) is 19.5. The van der Waals surface area contributed by atoms with Crippen molar-refractivity contribution in [2.75, 3.05) is 18.5 Å². The number of thiocarbonyl (C=S) groups is 1. The predicted molar refractivity (Wildman–Crippen MR) is 155 cm³/mol. The maximum atomic E-state index is 12.8. The summed E-state index contributed by atoms with van der Waals surface area (Å²) in [5, 5.41) is 5.18. The van der Waals surface area contributed by atoms with Gasteiger partial charge in [0.15, 0.2) is 5.11 Å². The predicted octanol–water partition coefficient (Wildman–Crippen LogP) is 4.35. The molecule has 202 valence electrons. The monoisotopic (exact) mass is 554 g/mol. The Kier molecular flexibility index (Phi) is 9.78. The van der Waals surface area contributed by atoms with E-state index in [1.165, 1.54) is 0 Å². The van der Waals surface area contributed by atoms with Crippen LogP contribution in [0.4, 0.5) is 5.69 Å². The molecule has 0 aliphatic rings. The van der Waals surface area contributed by atoms with Crippen LogP contribution in [0, 0.1) is 0 Å². The number of ether oxygens (including phenoxy) is 2. The molecule has 0 saturated carbocycles. The number of hydrogen-bond acceptors (Lipinski definition) is 6. The number of amides is 3. The average molecular weight is 555 g/mol. The Hall–Kier alpha value is -5.22. The topological polar surface area (TPSA) is 118 Å². The van der Waals surface area contributed by atoms with Crippen LogP contribution in [0.3, 0.4) is 0 Å². The third kappa shape index (κ3) is 8.14. The molecule has 0 radical (unpaired) electrons. The van der Waals surface area contributed by atoms with Crippen molar-refractivity contribution in [2.24, 2.45) is 0 Å². The van der Waals surface area contributed by atoms with Gasteiger partial charge in [0.05, 0.1) is 5.56 Å². The van der Waals surface area contributed by atoms with E-state index in [4.69, 9.17) is 21.7 Å². The average Bonchev–Trinajstić information content (AvgIpc) is 2.99. The van der Waals surface area contributed by atoms with Crippen LogP contribution in [0.1, 0.15) is 31.1 Å². The second-order valence-corrected chi connectivity index (χ2v) is 8.67. The van der Waals surface area contributed by atoms with Gasteiger partial charge in [-0.2, -0.15) is 0 Å². The lowest BCUT2D eigenvalue weighted by Gasteiger charge is -2.14. The van der Waals surface area contributed by atoms with Crippen LogP contribution in [-0.4, -0.2) is 36.0 Å². The number of para-hydroxylation sites is 2. The van der Waals surface area contributed by atoms with Crippen LogP contribution in [0.5, 0.6) is 11.5 Å². The summed E-state index contributed by atoms with van der Waals surface area (Å²) in [6.07, 6.45) is 0. The highest BCUT2D eigenvalue weighted by molar-refractivity contribution is 7.80. The first kappa shape index (κ1) is 27.8. The van der Waals surface area contributed by atoms with Crippen LogP contribution in [0.2, 0.25) is 0 Å². The summed E-state index contributed by atoms with van der Waals surface area (Å²) in [5.74, 6) is -0.165. The van der Waals surface area contributed by atoms with E-state index >= 15 is 0 Å². The van der Waals surface area contributed by atoms with E-state index < -0.39 is 11.8 Å². The molecule has 0 bridgehead atoms. The fraction of sp³-hybridized carbons (Fsp3) is 0.0667. The highest BCUT2D eigenvalue weighted by Gasteiger charge is 2.14. The number of hydrazine groups is 1. The molecular weight excluding hydrogens is 528 g/mol. The van der Waals surface area contributed by atoms with Crippen molar-refractivity contribution < 1.29 is 23.9 Å². The molecular formula is C30H26N4O5S. The van der Waals surface area contributed by atoms with Crippen LogP contribution in [0.15, 0.2) is 109 Å². The summed E-state index contributed by atoms with van der Waals surface area (Å²) in [6.45, 7) is 0.527. The van der Waals surface area contributed by atoms with Gasteiger partial charge in [0, 0.05) is 16.8 Å². The van der Waals surface area contributed by atoms with Crippen molar-refractivity contribution >= 4 is 40.7 Å². The zero-order valence-corrected chi connectivity index (χ0v) is 22.1. The molecule has 4 rings (SSSR count). The van der Waals surface area contributed by atoms with Crippen LogP contribution in [-0.2, 0) is 0 Å². The molecule has 0 saturated heterocycles. The lowest BCUT2D eigenvalue weighted by atomic mass is 10.1. The van der Waals surface area contributed by atoms with Crippen molar-refractivity contribution in [3.05, 3.63) is 126 Å².